The normalized spacial score (nSPS) is 15.9. The first-order valence-electron chi connectivity index (χ1n) is 10.7. The van der Waals surface area contributed by atoms with E-state index in [1.54, 1.807) is 12.1 Å². The van der Waals surface area contributed by atoms with E-state index >= 15 is 0 Å². The molecule has 30 heavy (non-hydrogen) atoms. The van der Waals surface area contributed by atoms with Crippen LogP contribution in [-0.2, 0) is 6.42 Å². The number of nitrogens with one attached hydrogen (secondary N) is 2. The summed E-state index contributed by atoms with van der Waals surface area (Å²) in [5, 5.41) is 6.78. The molecular formula is C24H28FN5. The van der Waals surface area contributed by atoms with Gasteiger partial charge in [0.2, 0.25) is 5.95 Å². The Labute approximate surface area is 177 Å². The predicted molar refractivity (Wildman–Crippen MR) is 121 cm³/mol. The van der Waals surface area contributed by atoms with Crippen LogP contribution >= 0.6 is 0 Å². The monoisotopic (exact) mass is 405 g/mol. The van der Waals surface area contributed by atoms with Crippen LogP contribution in [0.2, 0.25) is 0 Å². The molecule has 0 radical (unpaired) electrons. The summed E-state index contributed by atoms with van der Waals surface area (Å²) in [6.45, 7) is 4.01. The lowest BCUT2D eigenvalue weighted by atomic mass is 10.2. The van der Waals surface area contributed by atoms with Gasteiger partial charge in [0.1, 0.15) is 11.6 Å². The summed E-state index contributed by atoms with van der Waals surface area (Å²) in [5.41, 5.74) is 2.94. The molecule has 1 fully saturated rings. The van der Waals surface area contributed by atoms with Crippen LogP contribution in [0.1, 0.15) is 31.9 Å². The van der Waals surface area contributed by atoms with Gasteiger partial charge in [-0.15, -0.1) is 0 Å². The van der Waals surface area contributed by atoms with Gasteiger partial charge in [0.15, 0.2) is 0 Å². The molecule has 1 aliphatic heterocycles. The second-order valence-electron chi connectivity index (χ2n) is 7.66. The number of anilines is 4. The van der Waals surface area contributed by atoms with Crippen molar-refractivity contribution in [3.8, 4) is 0 Å². The molecule has 1 unspecified atom stereocenters. The summed E-state index contributed by atoms with van der Waals surface area (Å²) < 4.78 is 13.2. The van der Waals surface area contributed by atoms with Crippen molar-refractivity contribution >= 4 is 23.1 Å². The van der Waals surface area contributed by atoms with E-state index < -0.39 is 0 Å². The Morgan fingerprint density at radius 3 is 2.60 bits per heavy atom. The van der Waals surface area contributed by atoms with Crippen LogP contribution in [0, 0.1) is 5.82 Å². The Kier molecular flexibility index (Phi) is 6.42. The minimum absolute atomic E-state index is 0.257. The Bertz CT molecular complexity index is 946. The molecule has 4 rings (SSSR count). The molecule has 6 heteroatoms. The first-order valence-corrected chi connectivity index (χ1v) is 10.7. The van der Waals surface area contributed by atoms with Gasteiger partial charge in [-0.3, -0.25) is 0 Å². The summed E-state index contributed by atoms with van der Waals surface area (Å²) >= 11 is 0. The van der Waals surface area contributed by atoms with E-state index in [-0.39, 0.29) is 5.82 Å². The highest BCUT2D eigenvalue weighted by Gasteiger charge is 2.26. The third-order valence-electron chi connectivity index (χ3n) is 5.36. The van der Waals surface area contributed by atoms with Crippen LogP contribution in [0.3, 0.4) is 0 Å². The third kappa shape index (κ3) is 5.06. The zero-order valence-corrected chi connectivity index (χ0v) is 17.3. The van der Waals surface area contributed by atoms with Gasteiger partial charge in [0, 0.05) is 42.3 Å². The highest BCUT2D eigenvalue weighted by Crippen LogP contribution is 2.27. The molecule has 0 amide bonds. The highest BCUT2D eigenvalue weighted by atomic mass is 19.1. The molecule has 1 aliphatic rings. The smallest absolute Gasteiger partial charge is 0.229 e. The van der Waals surface area contributed by atoms with Crippen LogP contribution in [0.5, 0.6) is 0 Å². The standard InChI is InChI=1S/C24H28FN5/c1-2-7-21-16-23(29-24(28-21)27-20-13-11-18(25)12-14-20)30-15-6-10-22(30)17-26-19-8-4-3-5-9-19/h3-5,8-9,11-14,16,22,26H,2,6-7,10,15,17H2,1H3,(H,27,28,29). The van der Waals surface area contributed by atoms with E-state index in [0.717, 1.165) is 61.7 Å². The summed E-state index contributed by atoms with van der Waals surface area (Å²) in [6.07, 6.45) is 4.20. The number of hydrogen-bond donors (Lipinski definition) is 2. The number of nitrogens with zero attached hydrogens (tertiary/aromatic N) is 3. The van der Waals surface area contributed by atoms with Gasteiger partial charge in [0.05, 0.1) is 0 Å². The van der Waals surface area contributed by atoms with Gasteiger partial charge in [0.25, 0.3) is 0 Å². The number of para-hydroxylation sites is 1. The Morgan fingerprint density at radius 2 is 1.83 bits per heavy atom. The summed E-state index contributed by atoms with van der Waals surface area (Å²) in [4.78, 5) is 11.9. The second kappa shape index (κ2) is 9.57. The van der Waals surface area contributed by atoms with E-state index in [1.165, 1.54) is 12.1 Å². The fourth-order valence-electron chi connectivity index (χ4n) is 3.87. The maximum Gasteiger partial charge on any atom is 0.229 e. The van der Waals surface area contributed by atoms with Crippen molar-refractivity contribution in [3.05, 3.63) is 72.2 Å². The van der Waals surface area contributed by atoms with Gasteiger partial charge >= 0.3 is 0 Å². The fourth-order valence-corrected chi connectivity index (χ4v) is 3.87. The van der Waals surface area contributed by atoms with E-state index in [2.05, 4.69) is 45.6 Å². The maximum atomic E-state index is 13.2. The largest absolute Gasteiger partial charge is 0.383 e. The van der Waals surface area contributed by atoms with Gasteiger partial charge < -0.3 is 15.5 Å². The lowest BCUT2D eigenvalue weighted by Crippen LogP contribution is -2.35. The fraction of sp³-hybridized carbons (Fsp3) is 0.333. The van der Waals surface area contributed by atoms with Gasteiger partial charge in [-0.2, -0.15) is 4.98 Å². The van der Waals surface area contributed by atoms with Gasteiger partial charge in [-0.25, -0.2) is 9.37 Å². The molecule has 156 valence electrons. The van der Waals surface area contributed by atoms with E-state index in [4.69, 9.17) is 4.98 Å². The Morgan fingerprint density at radius 1 is 1.03 bits per heavy atom. The minimum Gasteiger partial charge on any atom is -0.383 e. The first-order chi connectivity index (χ1) is 14.7. The van der Waals surface area contributed by atoms with Crippen molar-refractivity contribution in [2.45, 2.75) is 38.6 Å². The average molecular weight is 406 g/mol. The molecule has 1 saturated heterocycles. The van der Waals surface area contributed by atoms with Crippen molar-refractivity contribution in [1.82, 2.24) is 9.97 Å². The van der Waals surface area contributed by atoms with Crippen LogP contribution in [-0.4, -0.2) is 29.1 Å². The van der Waals surface area contributed by atoms with E-state index in [0.29, 0.717) is 12.0 Å². The lowest BCUT2D eigenvalue weighted by molar-refractivity contribution is 0.628. The molecule has 0 spiro atoms. The Balaban J connectivity index is 1.53. The molecule has 0 bridgehead atoms. The molecule has 3 aromatic rings. The topological polar surface area (TPSA) is 53.1 Å². The summed E-state index contributed by atoms with van der Waals surface area (Å²) in [7, 11) is 0. The molecule has 2 aromatic carbocycles. The van der Waals surface area contributed by atoms with Crippen molar-refractivity contribution in [2.24, 2.45) is 0 Å². The third-order valence-corrected chi connectivity index (χ3v) is 5.36. The number of aryl methyl sites for hydroxylation is 1. The molecule has 1 aromatic heterocycles. The van der Waals surface area contributed by atoms with E-state index in [1.807, 2.05) is 18.2 Å². The van der Waals surface area contributed by atoms with Crippen LogP contribution in [0.4, 0.5) is 27.5 Å². The number of benzene rings is 2. The van der Waals surface area contributed by atoms with E-state index in [9.17, 15) is 4.39 Å². The maximum absolute atomic E-state index is 13.2. The van der Waals surface area contributed by atoms with Gasteiger partial charge in [-0.1, -0.05) is 31.5 Å². The van der Waals surface area contributed by atoms with Crippen molar-refractivity contribution in [3.63, 3.8) is 0 Å². The minimum atomic E-state index is -0.257. The lowest BCUT2D eigenvalue weighted by Gasteiger charge is -2.27. The number of rotatable bonds is 8. The zero-order chi connectivity index (χ0) is 20.8. The Hall–Kier alpha value is -3.15. The summed E-state index contributed by atoms with van der Waals surface area (Å²) in [5.74, 6) is 1.26. The van der Waals surface area contributed by atoms with Crippen molar-refractivity contribution in [1.29, 1.82) is 0 Å². The average Bonchev–Trinajstić information content (AvgIpc) is 3.24. The van der Waals surface area contributed by atoms with Crippen LogP contribution in [0.15, 0.2) is 60.7 Å². The van der Waals surface area contributed by atoms with Crippen molar-refractivity contribution < 1.29 is 4.39 Å². The molecule has 5 nitrogen and oxygen atoms in total. The quantitative estimate of drug-likeness (QED) is 0.526. The highest BCUT2D eigenvalue weighted by molar-refractivity contribution is 5.56. The number of halogens is 1. The summed E-state index contributed by atoms with van der Waals surface area (Å²) in [6, 6.07) is 19.1. The van der Waals surface area contributed by atoms with Gasteiger partial charge in [-0.05, 0) is 55.7 Å². The zero-order valence-electron chi connectivity index (χ0n) is 17.3. The number of hydrogen-bond acceptors (Lipinski definition) is 5. The number of aromatic nitrogens is 2. The van der Waals surface area contributed by atoms with Crippen LogP contribution < -0.4 is 15.5 Å². The SMILES string of the molecule is CCCc1cc(N2CCCC2CNc2ccccc2)nc(Nc2ccc(F)cc2)n1. The molecule has 1 atom stereocenters. The molecule has 0 aliphatic carbocycles. The molecule has 2 N–H and O–H groups in total. The molecule has 2 heterocycles. The molecule has 0 saturated carbocycles. The van der Waals surface area contributed by atoms with Crippen molar-refractivity contribution in [2.75, 3.05) is 28.6 Å². The first kappa shape index (κ1) is 20.1. The predicted octanol–water partition coefficient (Wildman–Crippen LogP) is 5.39. The molecular weight excluding hydrogens is 377 g/mol. The second-order valence-corrected chi connectivity index (χ2v) is 7.66. The van der Waals surface area contributed by atoms with Crippen LogP contribution in [0.25, 0.3) is 0 Å².